The summed E-state index contributed by atoms with van der Waals surface area (Å²) >= 11 is 0. The first-order chi connectivity index (χ1) is 28.4. The lowest BCUT2D eigenvalue weighted by molar-refractivity contribution is -0.160. The largest absolute Gasteiger partial charge is 0.507 e. The van der Waals surface area contributed by atoms with Gasteiger partial charge in [0.1, 0.15) is 35.6 Å². The summed E-state index contributed by atoms with van der Waals surface area (Å²) in [5.74, 6) is -7.62. The van der Waals surface area contributed by atoms with Crippen LogP contribution in [-0.2, 0) is 33.4 Å². The number of carbonyl (C=O) groups excluding carboxylic acids is 4. The standard InChI is InChI=1S/C44H57N3O13/c1-11-18-58-46-42-32-30-31-37(51)27(7)41(32)60-44(42,9)57-19-15-29(55-10)24(4)40(59-28(8)48)26(6)36(50)25(5)35(49)22(2)13-12-14-23(3)43(54)45-33(38(31)52)34(39(30)53)47-16-20-56-21-17-47/h11-15,19,22,24-26,29,35-36,40,49-51H,1,16-18,20-21H2,2-10H3,(H,45,54)/b13-12+,19-15+,23-14-,46-42+/t22-,24+,25+,26+,29-,35-,36+,40+,44-/m0/s1. The van der Waals surface area contributed by atoms with Crippen LogP contribution in [0.5, 0.6) is 11.5 Å². The number of nitrogens with one attached hydrogen (secondary N) is 1. The molecule has 16 nitrogen and oxygen atoms in total. The summed E-state index contributed by atoms with van der Waals surface area (Å²) in [6.07, 6.45) is 5.19. The summed E-state index contributed by atoms with van der Waals surface area (Å²) in [6.45, 7) is 17.3. The normalized spacial score (nSPS) is 33.0. The number of rotatable bonds is 6. The van der Waals surface area contributed by atoms with E-state index in [9.17, 15) is 29.7 Å². The van der Waals surface area contributed by atoms with Gasteiger partial charge in [-0.05, 0) is 19.9 Å². The zero-order valence-electron chi connectivity index (χ0n) is 35.6. The van der Waals surface area contributed by atoms with Crippen LogP contribution in [0, 0.1) is 30.6 Å². The molecule has 0 unspecified atom stereocenters. The number of nitrogens with zero attached hydrogens (tertiary/aromatic N) is 2. The van der Waals surface area contributed by atoms with E-state index < -0.39 is 83.1 Å². The number of carbonyl (C=O) groups is 4. The number of morpholine rings is 1. The second-order valence-corrected chi connectivity index (χ2v) is 15.8. The molecule has 1 fully saturated rings. The molecule has 5 bridgehead atoms. The number of ether oxygens (including phenoxy) is 5. The average Bonchev–Trinajstić information content (AvgIpc) is 3.51. The molecule has 1 aromatic carbocycles. The molecule has 0 saturated carbocycles. The van der Waals surface area contributed by atoms with Crippen LogP contribution in [0.4, 0.5) is 0 Å². The van der Waals surface area contributed by atoms with Crippen LogP contribution in [-0.4, -0.2) is 120 Å². The molecule has 1 aliphatic carbocycles. The number of phenols is 1. The smallest absolute Gasteiger partial charge is 0.302 e. The van der Waals surface area contributed by atoms with E-state index >= 15 is 4.79 Å². The number of esters is 1. The number of fused-ring (bicyclic) bond motifs is 14. The molecule has 1 aromatic rings. The molecule has 0 aromatic heterocycles. The van der Waals surface area contributed by atoms with E-state index in [0.717, 1.165) is 0 Å². The van der Waals surface area contributed by atoms with Crippen molar-refractivity contribution in [3.63, 3.8) is 0 Å². The van der Waals surface area contributed by atoms with Crippen molar-refractivity contribution in [3.05, 3.63) is 82.4 Å². The van der Waals surface area contributed by atoms with Crippen LogP contribution in [0.2, 0.25) is 0 Å². The lowest BCUT2D eigenvalue weighted by atomic mass is 9.78. The number of hydrogen-bond acceptors (Lipinski definition) is 15. The van der Waals surface area contributed by atoms with Gasteiger partial charge in [-0.3, -0.25) is 19.2 Å². The molecule has 326 valence electrons. The maximum Gasteiger partial charge on any atom is 0.302 e. The number of aliphatic hydroxyl groups excluding tert-OH is 2. The second-order valence-electron chi connectivity index (χ2n) is 15.8. The number of Topliss-reactive ketones (excluding diaryl/α,β-unsaturated/α-hetero) is 2. The van der Waals surface area contributed by atoms with Gasteiger partial charge < -0.3 is 54.1 Å². The Kier molecular flexibility index (Phi) is 14.5. The van der Waals surface area contributed by atoms with Crippen molar-refractivity contribution in [3.8, 4) is 11.5 Å². The Labute approximate surface area is 350 Å². The minimum Gasteiger partial charge on any atom is -0.507 e. The van der Waals surface area contributed by atoms with E-state index in [0.29, 0.717) is 0 Å². The first kappa shape index (κ1) is 45.8. The van der Waals surface area contributed by atoms with Gasteiger partial charge in [0.15, 0.2) is 5.71 Å². The number of methoxy groups -OCH3 is 1. The highest BCUT2D eigenvalue weighted by Crippen LogP contribution is 2.49. The average molecular weight is 836 g/mol. The molecule has 0 radical (unpaired) electrons. The minimum atomic E-state index is -1.83. The lowest BCUT2D eigenvalue weighted by Crippen LogP contribution is -2.46. The first-order valence-electron chi connectivity index (χ1n) is 20.0. The maximum absolute atomic E-state index is 15.0. The van der Waals surface area contributed by atoms with E-state index in [4.69, 9.17) is 28.5 Å². The molecule has 5 aliphatic rings. The Morgan fingerprint density at radius 1 is 1.02 bits per heavy atom. The van der Waals surface area contributed by atoms with E-state index in [-0.39, 0.29) is 83.6 Å². The molecule has 60 heavy (non-hydrogen) atoms. The molecule has 6 rings (SSSR count). The van der Waals surface area contributed by atoms with Gasteiger partial charge in [0.25, 0.3) is 11.7 Å². The second kappa shape index (κ2) is 19.0. The first-order valence-corrected chi connectivity index (χ1v) is 20.0. The predicted octanol–water partition coefficient (Wildman–Crippen LogP) is 4.01. The van der Waals surface area contributed by atoms with Crippen LogP contribution >= 0.6 is 0 Å². The topological polar surface area (TPSA) is 212 Å². The number of hydrogen-bond donors (Lipinski definition) is 4. The number of aliphatic hydroxyl groups is 2. The van der Waals surface area contributed by atoms with Gasteiger partial charge in [0, 0.05) is 68.9 Å². The van der Waals surface area contributed by atoms with Gasteiger partial charge in [0.05, 0.1) is 54.5 Å². The molecule has 0 spiro atoms. The summed E-state index contributed by atoms with van der Waals surface area (Å²) in [5, 5.41) is 41.7. The van der Waals surface area contributed by atoms with Crippen LogP contribution in [0.3, 0.4) is 0 Å². The number of benzene rings is 1. The third kappa shape index (κ3) is 8.92. The van der Waals surface area contributed by atoms with Crippen molar-refractivity contribution in [2.24, 2.45) is 28.8 Å². The molecule has 1 amide bonds. The SMILES string of the molecule is C=CCO/N=C1\c2c3c(C)c(O)c4c2C(=O)C(N2CCOCC2)=C(NC(=O)/C(C)=C\C=C\[C@H](C)[C@H](O)[C@@H](C)[C@@H](O)[C@@H](C)[C@H](OC(C)=O)[C@H](C)[C@@H](OC)/C=C/O[C@@]1(C)O3)C4=O. The summed E-state index contributed by atoms with van der Waals surface area (Å²) in [6, 6.07) is 0. The number of aromatic hydroxyl groups is 1. The Bertz CT molecular complexity index is 2030. The zero-order valence-corrected chi connectivity index (χ0v) is 35.6. The van der Waals surface area contributed by atoms with Crippen LogP contribution in [0.25, 0.3) is 0 Å². The number of phenolic OH excluding ortho intramolecular Hbond substituents is 1. The van der Waals surface area contributed by atoms with Crippen molar-refractivity contribution in [2.45, 2.75) is 85.6 Å². The van der Waals surface area contributed by atoms with Crippen LogP contribution in [0.1, 0.15) is 80.3 Å². The third-order valence-electron chi connectivity index (χ3n) is 11.6. The Morgan fingerprint density at radius 3 is 2.33 bits per heavy atom. The fourth-order valence-corrected chi connectivity index (χ4v) is 8.06. The van der Waals surface area contributed by atoms with Gasteiger partial charge >= 0.3 is 5.97 Å². The fourth-order valence-electron chi connectivity index (χ4n) is 8.06. The van der Waals surface area contributed by atoms with Crippen molar-refractivity contribution >= 4 is 29.2 Å². The molecule has 1 saturated heterocycles. The van der Waals surface area contributed by atoms with Gasteiger partial charge in [-0.2, -0.15) is 0 Å². The minimum absolute atomic E-state index is 0.00841. The van der Waals surface area contributed by atoms with Crippen molar-refractivity contribution in [1.82, 2.24) is 10.2 Å². The number of ketones is 2. The molecule has 4 aliphatic heterocycles. The summed E-state index contributed by atoms with van der Waals surface area (Å²) in [7, 11) is 1.46. The van der Waals surface area contributed by atoms with Crippen molar-refractivity contribution in [2.75, 3.05) is 40.0 Å². The van der Waals surface area contributed by atoms with E-state index in [1.165, 1.54) is 53.2 Å². The van der Waals surface area contributed by atoms with Crippen LogP contribution < -0.4 is 10.1 Å². The van der Waals surface area contributed by atoms with Crippen molar-refractivity contribution < 1.29 is 63.0 Å². The van der Waals surface area contributed by atoms with Gasteiger partial charge in [-0.15, -0.1) is 0 Å². The summed E-state index contributed by atoms with van der Waals surface area (Å²) in [5.41, 5.74) is -0.760. The van der Waals surface area contributed by atoms with Gasteiger partial charge in [-0.1, -0.05) is 63.7 Å². The van der Waals surface area contributed by atoms with Crippen LogP contribution in [0.15, 0.2) is 65.3 Å². The molecule has 4 N–H and O–H groups in total. The predicted molar refractivity (Wildman–Crippen MR) is 219 cm³/mol. The van der Waals surface area contributed by atoms with E-state index in [1.54, 1.807) is 50.8 Å². The monoisotopic (exact) mass is 835 g/mol. The van der Waals surface area contributed by atoms with E-state index in [2.05, 4.69) is 17.1 Å². The molecular weight excluding hydrogens is 778 g/mol. The lowest BCUT2D eigenvalue weighted by Gasteiger charge is -2.38. The maximum atomic E-state index is 15.0. The van der Waals surface area contributed by atoms with E-state index in [1.807, 2.05) is 0 Å². The highest BCUT2D eigenvalue weighted by atomic mass is 16.7. The fraction of sp³-hybridized carbons (Fsp3) is 0.523. The summed E-state index contributed by atoms with van der Waals surface area (Å²) < 4.78 is 29.9. The highest BCUT2D eigenvalue weighted by molar-refractivity contribution is 6.33. The molecular formula is C44H57N3O13. The number of allylic oxidation sites excluding steroid dienone is 4. The molecule has 4 heterocycles. The molecule has 9 atom stereocenters. The summed E-state index contributed by atoms with van der Waals surface area (Å²) in [4.78, 5) is 63.2. The van der Waals surface area contributed by atoms with Gasteiger partial charge in [-0.25, -0.2) is 0 Å². The zero-order chi connectivity index (χ0) is 44.2. The van der Waals surface area contributed by atoms with Gasteiger partial charge in [0.2, 0.25) is 11.6 Å². The molecule has 16 heteroatoms. The third-order valence-corrected chi connectivity index (χ3v) is 11.6. The highest BCUT2D eigenvalue weighted by Gasteiger charge is 2.52. The number of amides is 1. The Morgan fingerprint density at radius 2 is 1.70 bits per heavy atom. The van der Waals surface area contributed by atoms with Crippen molar-refractivity contribution in [1.29, 1.82) is 0 Å². The Hall–Kier alpha value is -5.29. The quantitative estimate of drug-likeness (QED) is 0.138. The Balaban J connectivity index is 1.73. The number of oxime groups is 1.